The molecule has 0 aromatic carbocycles. The Morgan fingerprint density at radius 3 is 1.41 bits per heavy atom. The van der Waals surface area contributed by atoms with Crippen molar-refractivity contribution in [1.82, 2.24) is 0 Å². The first-order valence-electron chi connectivity index (χ1n) is 8.31. The lowest BCUT2D eigenvalue weighted by atomic mass is 9.99. The summed E-state index contributed by atoms with van der Waals surface area (Å²) in [4.78, 5) is 0. The van der Waals surface area contributed by atoms with Crippen molar-refractivity contribution in [3.8, 4) is 0 Å². The van der Waals surface area contributed by atoms with Gasteiger partial charge in [0.2, 0.25) is 0 Å². The Morgan fingerprint density at radius 2 is 1.00 bits per heavy atom. The fourth-order valence-electron chi connectivity index (χ4n) is 2.36. The lowest BCUT2D eigenvalue weighted by molar-refractivity contribution is 0.469. The van der Waals surface area contributed by atoms with Crippen molar-refractivity contribution >= 4 is 0 Å². The van der Waals surface area contributed by atoms with Crippen LogP contribution in [0.15, 0.2) is 0 Å². The van der Waals surface area contributed by atoms with E-state index in [1.807, 2.05) is 0 Å². The maximum Gasteiger partial charge on any atom is -0.0445 e. The Labute approximate surface area is 111 Å². The summed E-state index contributed by atoms with van der Waals surface area (Å²) in [5.74, 6) is 0.952. The van der Waals surface area contributed by atoms with Crippen molar-refractivity contribution in [1.29, 1.82) is 0 Å². The van der Waals surface area contributed by atoms with E-state index in [1.54, 1.807) is 0 Å². The molecule has 1 unspecified atom stereocenters. The van der Waals surface area contributed by atoms with E-state index < -0.39 is 0 Å². The van der Waals surface area contributed by atoms with Gasteiger partial charge in [-0.3, -0.25) is 0 Å². The fraction of sp³-hybridized carbons (Fsp3) is 1.00. The minimum absolute atomic E-state index is 0.952. The first kappa shape index (κ1) is 17.0. The van der Waals surface area contributed by atoms with E-state index in [9.17, 15) is 0 Å². The Hall–Kier alpha value is 0. The van der Waals surface area contributed by atoms with Gasteiger partial charge in [0, 0.05) is 0 Å². The van der Waals surface area contributed by atoms with Crippen LogP contribution < -0.4 is 0 Å². The second-order valence-corrected chi connectivity index (χ2v) is 5.84. The molecule has 17 heavy (non-hydrogen) atoms. The van der Waals surface area contributed by atoms with Crippen LogP contribution in [0.2, 0.25) is 0 Å². The average Bonchev–Trinajstić information content (AvgIpc) is 2.35. The number of hydrogen-bond acceptors (Lipinski definition) is 0. The molecule has 0 rings (SSSR count). The molecule has 0 N–H and O–H groups in total. The second-order valence-electron chi connectivity index (χ2n) is 5.84. The number of hydrogen-bond donors (Lipinski definition) is 0. The molecule has 0 nitrogen and oxygen atoms in total. The fourth-order valence-corrected chi connectivity index (χ4v) is 2.36. The highest BCUT2D eigenvalue weighted by atomic mass is 14.0. The van der Waals surface area contributed by atoms with Gasteiger partial charge in [0.25, 0.3) is 0 Å². The van der Waals surface area contributed by atoms with E-state index in [2.05, 4.69) is 20.8 Å². The van der Waals surface area contributed by atoms with Crippen molar-refractivity contribution in [2.75, 3.05) is 0 Å². The third-order valence-electron chi connectivity index (χ3n) is 4.00. The van der Waals surface area contributed by atoms with E-state index in [0.717, 1.165) is 5.92 Å². The molecule has 0 aliphatic rings. The molecule has 0 saturated heterocycles. The molecule has 0 heteroatoms. The summed E-state index contributed by atoms with van der Waals surface area (Å²) in [5.41, 5.74) is 0. The van der Waals surface area contributed by atoms with Crippen LogP contribution in [0.3, 0.4) is 0 Å². The van der Waals surface area contributed by atoms with Gasteiger partial charge in [0.05, 0.1) is 0 Å². The van der Waals surface area contributed by atoms with Gasteiger partial charge in [-0.25, -0.2) is 0 Å². The Bertz CT molecular complexity index is 128. The Balaban J connectivity index is 2.94. The minimum atomic E-state index is 0.952. The molecule has 1 atom stereocenters. The van der Waals surface area contributed by atoms with Gasteiger partial charge >= 0.3 is 0 Å². The standard InChI is InChI=1S/C17H36/c1-4-6-7-8-9-10-11-12-13-14-15-16-17(3)5-2/h17H,4-16H2,1-3H3. The lowest BCUT2D eigenvalue weighted by Gasteiger charge is -2.07. The Kier molecular flexibility index (Phi) is 14.1. The van der Waals surface area contributed by atoms with Crippen molar-refractivity contribution < 1.29 is 0 Å². The quantitative estimate of drug-likeness (QED) is 0.313. The van der Waals surface area contributed by atoms with Crippen LogP contribution in [-0.2, 0) is 0 Å². The number of unbranched alkanes of at least 4 members (excludes halogenated alkanes) is 10. The molecule has 0 radical (unpaired) electrons. The third-order valence-corrected chi connectivity index (χ3v) is 4.00. The summed E-state index contributed by atoms with van der Waals surface area (Å²) in [5, 5.41) is 0. The zero-order valence-corrected chi connectivity index (χ0v) is 12.8. The molecule has 0 saturated carbocycles. The van der Waals surface area contributed by atoms with Crippen molar-refractivity contribution in [3.63, 3.8) is 0 Å². The molecule has 0 bridgehead atoms. The highest BCUT2D eigenvalue weighted by Crippen LogP contribution is 2.15. The van der Waals surface area contributed by atoms with Crippen LogP contribution in [-0.4, -0.2) is 0 Å². The van der Waals surface area contributed by atoms with Crippen molar-refractivity contribution in [2.24, 2.45) is 5.92 Å². The van der Waals surface area contributed by atoms with Crippen LogP contribution in [0.4, 0.5) is 0 Å². The summed E-state index contributed by atoms with van der Waals surface area (Å²) in [7, 11) is 0. The normalized spacial score (nSPS) is 12.9. The predicted octanol–water partition coefficient (Wildman–Crippen LogP) is 6.73. The minimum Gasteiger partial charge on any atom is -0.0654 e. The van der Waals surface area contributed by atoms with E-state index >= 15 is 0 Å². The van der Waals surface area contributed by atoms with Gasteiger partial charge < -0.3 is 0 Å². The highest BCUT2D eigenvalue weighted by Gasteiger charge is 1.98. The molecule has 0 spiro atoms. The van der Waals surface area contributed by atoms with Gasteiger partial charge in [-0.1, -0.05) is 104 Å². The second kappa shape index (κ2) is 14.1. The highest BCUT2D eigenvalue weighted by molar-refractivity contribution is 4.52. The summed E-state index contributed by atoms with van der Waals surface area (Å²) in [6.07, 6.45) is 18.9. The van der Waals surface area contributed by atoms with E-state index in [4.69, 9.17) is 0 Å². The maximum absolute atomic E-state index is 2.39. The SMILES string of the molecule is CCCCCCCCCCCCCC(C)CC. The van der Waals surface area contributed by atoms with Crippen LogP contribution in [0.1, 0.15) is 104 Å². The van der Waals surface area contributed by atoms with Gasteiger partial charge in [-0.2, -0.15) is 0 Å². The predicted molar refractivity (Wildman–Crippen MR) is 80.5 cm³/mol. The van der Waals surface area contributed by atoms with Gasteiger partial charge in [-0.05, 0) is 5.92 Å². The molecule has 0 aromatic heterocycles. The summed E-state index contributed by atoms with van der Waals surface area (Å²) >= 11 is 0. The van der Waals surface area contributed by atoms with Gasteiger partial charge in [-0.15, -0.1) is 0 Å². The van der Waals surface area contributed by atoms with E-state index in [1.165, 1.54) is 83.5 Å². The largest absolute Gasteiger partial charge is 0.0654 e. The smallest absolute Gasteiger partial charge is 0.0445 e. The molecule has 0 aliphatic carbocycles. The topological polar surface area (TPSA) is 0 Å². The first-order valence-corrected chi connectivity index (χ1v) is 8.31. The van der Waals surface area contributed by atoms with Crippen LogP contribution in [0.25, 0.3) is 0 Å². The van der Waals surface area contributed by atoms with Gasteiger partial charge in [0.1, 0.15) is 0 Å². The summed E-state index contributed by atoms with van der Waals surface area (Å²) < 4.78 is 0. The maximum atomic E-state index is 2.39. The molecule has 0 amide bonds. The van der Waals surface area contributed by atoms with E-state index in [0.29, 0.717) is 0 Å². The molecule has 0 fully saturated rings. The third kappa shape index (κ3) is 13.9. The zero-order chi connectivity index (χ0) is 12.8. The van der Waals surface area contributed by atoms with Crippen molar-refractivity contribution in [2.45, 2.75) is 104 Å². The molecule has 0 aliphatic heterocycles. The average molecular weight is 240 g/mol. The van der Waals surface area contributed by atoms with Crippen LogP contribution >= 0.6 is 0 Å². The summed E-state index contributed by atoms with van der Waals surface area (Å²) in [6.45, 7) is 6.99. The van der Waals surface area contributed by atoms with E-state index in [-0.39, 0.29) is 0 Å². The monoisotopic (exact) mass is 240 g/mol. The lowest BCUT2D eigenvalue weighted by Crippen LogP contribution is -1.91. The summed E-state index contributed by atoms with van der Waals surface area (Å²) in [6, 6.07) is 0. The first-order chi connectivity index (χ1) is 8.31. The molecule has 0 aromatic rings. The van der Waals surface area contributed by atoms with Crippen LogP contribution in [0.5, 0.6) is 0 Å². The molecular formula is C17H36. The molecular weight excluding hydrogens is 204 g/mol. The molecule has 0 heterocycles. The van der Waals surface area contributed by atoms with Crippen LogP contribution in [0, 0.1) is 5.92 Å². The van der Waals surface area contributed by atoms with Gasteiger partial charge in [0.15, 0.2) is 0 Å². The zero-order valence-electron chi connectivity index (χ0n) is 12.8. The molecule has 104 valence electrons. The number of rotatable bonds is 13. The Morgan fingerprint density at radius 1 is 0.588 bits per heavy atom. The van der Waals surface area contributed by atoms with Crippen molar-refractivity contribution in [3.05, 3.63) is 0 Å².